The van der Waals surface area contributed by atoms with Crippen LogP contribution in [0.3, 0.4) is 0 Å². The van der Waals surface area contributed by atoms with Gasteiger partial charge >= 0.3 is 0 Å². The maximum absolute atomic E-state index is 12.7. The third kappa shape index (κ3) is 4.36. The molecular weight excluding hydrogens is 366 g/mol. The summed E-state index contributed by atoms with van der Waals surface area (Å²) in [7, 11) is 1.59. The number of benzene rings is 2. The second-order valence-electron chi connectivity index (χ2n) is 6.50. The van der Waals surface area contributed by atoms with Crippen LogP contribution in [0.25, 0.3) is 0 Å². The lowest BCUT2D eigenvalue weighted by Gasteiger charge is -2.14. The Labute approximate surface area is 169 Å². The van der Waals surface area contributed by atoms with Gasteiger partial charge < -0.3 is 9.84 Å². The van der Waals surface area contributed by atoms with E-state index in [1.807, 2.05) is 36.4 Å². The van der Waals surface area contributed by atoms with Crippen LogP contribution in [-0.4, -0.2) is 23.0 Å². The number of aromatic nitrogens is 1. The van der Waals surface area contributed by atoms with E-state index in [-0.39, 0.29) is 18.0 Å². The van der Waals surface area contributed by atoms with E-state index in [9.17, 15) is 15.2 Å². The van der Waals surface area contributed by atoms with E-state index in [2.05, 4.69) is 4.99 Å². The standard InChI is InChI=1S/C23H21N3O3/c1-16-20(14-24)22(27)26(13-12-17-6-4-3-5-7-17)23(28)21(16)15-25-18-8-10-19(29-2)11-9-18/h3-11,15,28H,12-13H2,1-2H3. The van der Waals surface area contributed by atoms with Crippen LogP contribution in [0.5, 0.6) is 11.6 Å². The fraction of sp³-hybridized carbons (Fsp3) is 0.174. The quantitative estimate of drug-likeness (QED) is 0.653. The minimum atomic E-state index is -0.500. The first-order chi connectivity index (χ1) is 14.0. The number of rotatable bonds is 6. The van der Waals surface area contributed by atoms with Crippen LogP contribution in [-0.2, 0) is 13.0 Å². The topological polar surface area (TPSA) is 87.6 Å². The molecule has 0 saturated carbocycles. The van der Waals surface area contributed by atoms with Crippen LogP contribution >= 0.6 is 0 Å². The summed E-state index contributed by atoms with van der Waals surface area (Å²) in [5, 5.41) is 20.2. The highest BCUT2D eigenvalue weighted by Crippen LogP contribution is 2.22. The average Bonchev–Trinajstić information content (AvgIpc) is 2.75. The summed E-state index contributed by atoms with van der Waals surface area (Å²) >= 11 is 0. The summed E-state index contributed by atoms with van der Waals surface area (Å²) in [4.78, 5) is 17.1. The Morgan fingerprint density at radius 2 is 1.86 bits per heavy atom. The van der Waals surface area contributed by atoms with Gasteiger partial charge in [-0.3, -0.25) is 14.4 Å². The molecule has 146 valence electrons. The molecule has 3 rings (SSSR count). The van der Waals surface area contributed by atoms with E-state index in [1.165, 1.54) is 10.8 Å². The van der Waals surface area contributed by atoms with Gasteiger partial charge in [0.1, 0.15) is 17.4 Å². The van der Waals surface area contributed by atoms with E-state index in [4.69, 9.17) is 4.74 Å². The number of methoxy groups -OCH3 is 1. The van der Waals surface area contributed by atoms with Gasteiger partial charge in [-0.2, -0.15) is 5.26 Å². The highest BCUT2D eigenvalue weighted by atomic mass is 16.5. The second kappa shape index (κ2) is 8.89. The normalized spacial score (nSPS) is 10.8. The van der Waals surface area contributed by atoms with Crippen molar-refractivity contribution in [3.63, 3.8) is 0 Å². The molecule has 0 unspecified atom stereocenters. The van der Waals surface area contributed by atoms with Gasteiger partial charge in [-0.05, 0) is 48.7 Å². The van der Waals surface area contributed by atoms with Crippen molar-refractivity contribution in [2.75, 3.05) is 7.11 Å². The van der Waals surface area contributed by atoms with Crippen molar-refractivity contribution < 1.29 is 9.84 Å². The molecule has 0 bridgehead atoms. The van der Waals surface area contributed by atoms with Gasteiger partial charge in [-0.25, -0.2) is 0 Å². The van der Waals surface area contributed by atoms with Crippen molar-refractivity contribution in [3.8, 4) is 17.7 Å². The van der Waals surface area contributed by atoms with E-state index in [0.717, 1.165) is 5.56 Å². The lowest BCUT2D eigenvalue weighted by molar-refractivity contribution is 0.404. The molecule has 6 nitrogen and oxygen atoms in total. The van der Waals surface area contributed by atoms with Gasteiger partial charge in [0.05, 0.1) is 18.4 Å². The van der Waals surface area contributed by atoms with Crippen LogP contribution in [0, 0.1) is 18.3 Å². The number of hydrogen-bond acceptors (Lipinski definition) is 5. The summed E-state index contributed by atoms with van der Waals surface area (Å²) in [6.07, 6.45) is 2.03. The predicted octanol–water partition coefficient (Wildman–Crippen LogP) is 3.74. The lowest BCUT2D eigenvalue weighted by atomic mass is 10.1. The molecule has 0 amide bonds. The predicted molar refractivity (Wildman–Crippen MR) is 112 cm³/mol. The average molecular weight is 387 g/mol. The molecule has 0 fully saturated rings. The van der Waals surface area contributed by atoms with Gasteiger partial charge in [-0.15, -0.1) is 0 Å². The molecule has 0 aliphatic rings. The fourth-order valence-corrected chi connectivity index (χ4v) is 3.03. The Bertz CT molecular complexity index is 1130. The number of aromatic hydroxyl groups is 1. The Kier molecular flexibility index (Phi) is 6.10. The molecule has 1 N–H and O–H groups in total. The molecule has 0 radical (unpaired) electrons. The van der Waals surface area contributed by atoms with Gasteiger partial charge in [0.2, 0.25) is 5.88 Å². The maximum Gasteiger partial charge on any atom is 0.271 e. The number of aliphatic imine (C=N–C) groups is 1. The molecule has 1 heterocycles. The van der Waals surface area contributed by atoms with Crippen LogP contribution < -0.4 is 10.3 Å². The first-order valence-corrected chi connectivity index (χ1v) is 9.13. The summed E-state index contributed by atoms with van der Waals surface area (Å²) in [5.74, 6) is 0.517. The van der Waals surface area contributed by atoms with Crippen molar-refractivity contribution >= 4 is 11.9 Å². The van der Waals surface area contributed by atoms with Gasteiger partial charge in [0, 0.05) is 12.8 Å². The number of hydrogen-bond donors (Lipinski definition) is 1. The molecule has 0 spiro atoms. The molecule has 0 aliphatic heterocycles. The van der Waals surface area contributed by atoms with Crippen LogP contribution in [0.2, 0.25) is 0 Å². The Morgan fingerprint density at radius 1 is 1.17 bits per heavy atom. The monoisotopic (exact) mass is 387 g/mol. The highest BCUT2D eigenvalue weighted by molar-refractivity contribution is 5.87. The molecule has 6 heteroatoms. The van der Waals surface area contributed by atoms with Gasteiger partial charge in [0.25, 0.3) is 5.56 Å². The highest BCUT2D eigenvalue weighted by Gasteiger charge is 2.17. The smallest absolute Gasteiger partial charge is 0.271 e. The third-order valence-electron chi connectivity index (χ3n) is 4.73. The zero-order valence-corrected chi connectivity index (χ0v) is 16.3. The van der Waals surface area contributed by atoms with Crippen molar-refractivity contribution in [3.05, 3.63) is 87.2 Å². The molecule has 29 heavy (non-hydrogen) atoms. The summed E-state index contributed by atoms with van der Waals surface area (Å²) < 4.78 is 6.36. The summed E-state index contributed by atoms with van der Waals surface area (Å²) in [6, 6.07) is 18.7. The summed E-state index contributed by atoms with van der Waals surface area (Å²) in [5.41, 5.74) is 1.96. The van der Waals surface area contributed by atoms with Gasteiger partial charge in [0.15, 0.2) is 0 Å². The number of pyridine rings is 1. The van der Waals surface area contributed by atoms with Crippen molar-refractivity contribution in [2.24, 2.45) is 4.99 Å². The Hall–Kier alpha value is -3.85. The fourth-order valence-electron chi connectivity index (χ4n) is 3.03. The first kappa shape index (κ1) is 19.9. The largest absolute Gasteiger partial charge is 0.497 e. The number of aryl methyl sites for hydroxylation is 1. The van der Waals surface area contributed by atoms with Crippen molar-refractivity contribution in [2.45, 2.75) is 19.9 Å². The van der Waals surface area contributed by atoms with E-state index in [1.54, 1.807) is 38.3 Å². The molecular formula is C23H21N3O3. The van der Waals surface area contributed by atoms with Crippen molar-refractivity contribution in [1.29, 1.82) is 5.26 Å². The third-order valence-corrected chi connectivity index (χ3v) is 4.73. The SMILES string of the molecule is COc1ccc(N=Cc2c(C)c(C#N)c(=O)n(CCc3ccccc3)c2O)cc1. The molecule has 0 aliphatic carbocycles. The number of nitriles is 1. The Balaban J connectivity index is 1.98. The van der Waals surface area contributed by atoms with Crippen LogP contribution in [0.15, 0.2) is 64.4 Å². The van der Waals surface area contributed by atoms with E-state index >= 15 is 0 Å². The van der Waals surface area contributed by atoms with E-state index < -0.39 is 5.56 Å². The second-order valence-corrected chi connectivity index (χ2v) is 6.50. The first-order valence-electron chi connectivity index (χ1n) is 9.13. The molecule has 0 saturated heterocycles. The van der Waals surface area contributed by atoms with Crippen LogP contribution in [0.1, 0.15) is 22.3 Å². The minimum Gasteiger partial charge on any atom is -0.497 e. The molecule has 2 aromatic carbocycles. The maximum atomic E-state index is 12.7. The Morgan fingerprint density at radius 3 is 2.48 bits per heavy atom. The van der Waals surface area contributed by atoms with Crippen LogP contribution in [0.4, 0.5) is 5.69 Å². The summed E-state index contributed by atoms with van der Waals surface area (Å²) in [6.45, 7) is 1.89. The van der Waals surface area contributed by atoms with E-state index in [0.29, 0.717) is 29.0 Å². The molecule has 3 aromatic rings. The zero-order chi connectivity index (χ0) is 20.8. The minimum absolute atomic E-state index is 0.00652. The molecule has 1 aromatic heterocycles. The number of nitrogens with zero attached hydrogens (tertiary/aromatic N) is 3. The zero-order valence-electron chi connectivity index (χ0n) is 16.3. The van der Waals surface area contributed by atoms with Crippen molar-refractivity contribution in [1.82, 2.24) is 4.57 Å². The lowest BCUT2D eigenvalue weighted by Crippen LogP contribution is -2.26. The molecule has 0 atom stereocenters. The van der Waals surface area contributed by atoms with Gasteiger partial charge in [-0.1, -0.05) is 30.3 Å². The number of ether oxygens (including phenoxy) is 1.